The molecule has 0 spiro atoms. The number of carbonyl (C=O) groups is 2. The number of hydrogen-bond donors (Lipinski definition) is 2. The van der Waals surface area contributed by atoms with Crippen molar-refractivity contribution in [3.8, 4) is 11.5 Å². The molecule has 5 rings (SSSR count). The van der Waals surface area contributed by atoms with E-state index in [4.69, 9.17) is 14.9 Å². The third-order valence-electron chi connectivity index (χ3n) is 8.55. The van der Waals surface area contributed by atoms with Crippen molar-refractivity contribution in [2.24, 2.45) is 5.92 Å². The van der Waals surface area contributed by atoms with Crippen LogP contribution in [0.25, 0.3) is 0 Å². The monoisotopic (exact) mass is 601 g/mol. The number of ether oxygens (including phenoxy) is 2. The Bertz CT molecular complexity index is 1440. The normalized spacial score (nSPS) is 17.0. The third kappa shape index (κ3) is 8.05. The van der Waals surface area contributed by atoms with Crippen molar-refractivity contribution in [3.05, 3.63) is 70.1 Å². The van der Waals surface area contributed by atoms with Gasteiger partial charge in [-0.25, -0.2) is 0 Å². The molecule has 2 fully saturated rings. The summed E-state index contributed by atoms with van der Waals surface area (Å²) in [5, 5.41) is 12.9. The van der Waals surface area contributed by atoms with E-state index >= 15 is 0 Å². The molecule has 1 saturated heterocycles. The zero-order chi connectivity index (χ0) is 30.5. The number of benzene rings is 2. The number of hydrogen-bond acceptors (Lipinski definition) is 8. The minimum atomic E-state index is -0.175. The Morgan fingerprint density at radius 2 is 1.72 bits per heavy atom. The largest absolute Gasteiger partial charge is 0.493 e. The van der Waals surface area contributed by atoms with Gasteiger partial charge in [-0.05, 0) is 92.6 Å². The molecule has 0 radical (unpaired) electrons. The molecular weight excluding hydrogens is 558 g/mol. The van der Waals surface area contributed by atoms with E-state index in [-0.39, 0.29) is 30.0 Å². The minimum absolute atomic E-state index is 0.0340. The molecule has 0 amide bonds. The maximum Gasteiger partial charge on any atom is 0.178 e. The molecule has 3 aromatic rings. The Balaban J connectivity index is 1.10. The number of Topliss-reactive ketones (excluding diaryl/α,β-unsaturated/α-hetero) is 2. The van der Waals surface area contributed by atoms with Gasteiger partial charge in [0.2, 0.25) is 0 Å². The molecule has 2 N–H and O–H groups in total. The van der Waals surface area contributed by atoms with Gasteiger partial charge in [-0.3, -0.25) is 9.59 Å². The van der Waals surface area contributed by atoms with Gasteiger partial charge in [0, 0.05) is 43.2 Å². The summed E-state index contributed by atoms with van der Waals surface area (Å²) in [4.78, 5) is 27.5. The summed E-state index contributed by atoms with van der Waals surface area (Å²) in [6.45, 7) is 10.7. The van der Waals surface area contributed by atoms with Crippen LogP contribution in [-0.4, -0.2) is 49.6 Å². The summed E-state index contributed by atoms with van der Waals surface area (Å²) in [6, 6.07) is 16.3. The molecule has 7 nitrogen and oxygen atoms in total. The molecule has 2 unspecified atom stereocenters. The summed E-state index contributed by atoms with van der Waals surface area (Å²) in [7, 11) is 0. The smallest absolute Gasteiger partial charge is 0.178 e. The second kappa shape index (κ2) is 13.8. The molecule has 2 atom stereocenters. The summed E-state index contributed by atoms with van der Waals surface area (Å²) in [5.74, 6) is 2.43. The highest BCUT2D eigenvalue weighted by Crippen LogP contribution is 2.34. The predicted molar refractivity (Wildman–Crippen MR) is 175 cm³/mol. The molecule has 1 aromatic heterocycles. The SMILES string of the molecule is CC(=O)CCNc1sc(C(=O)CC(=N)C(C)c2ccc(OC3CCN(c4ccc(OCC5CC5)cc4)C3)cc2)c(C)c1C. The highest BCUT2D eigenvalue weighted by molar-refractivity contribution is 7.18. The van der Waals surface area contributed by atoms with Crippen LogP contribution in [0.1, 0.15) is 78.2 Å². The van der Waals surface area contributed by atoms with Crippen LogP contribution < -0.4 is 19.7 Å². The first-order valence-electron chi connectivity index (χ1n) is 15.4. The molecule has 2 aromatic carbocycles. The van der Waals surface area contributed by atoms with Crippen LogP contribution in [0.5, 0.6) is 11.5 Å². The van der Waals surface area contributed by atoms with E-state index < -0.39 is 0 Å². The molecule has 228 valence electrons. The van der Waals surface area contributed by atoms with Gasteiger partial charge in [-0.2, -0.15) is 0 Å². The number of rotatable bonds is 15. The van der Waals surface area contributed by atoms with E-state index in [0.717, 1.165) is 65.2 Å². The molecule has 1 aliphatic heterocycles. The fourth-order valence-corrected chi connectivity index (χ4v) is 6.50. The molecule has 2 aliphatic rings. The maximum absolute atomic E-state index is 13.2. The van der Waals surface area contributed by atoms with Crippen molar-refractivity contribution >= 4 is 39.3 Å². The average molecular weight is 602 g/mol. The first-order chi connectivity index (χ1) is 20.7. The quantitative estimate of drug-likeness (QED) is 0.138. The van der Waals surface area contributed by atoms with Gasteiger partial charge in [0.1, 0.15) is 23.4 Å². The second-order valence-electron chi connectivity index (χ2n) is 12.0. The van der Waals surface area contributed by atoms with E-state index in [2.05, 4.69) is 34.5 Å². The van der Waals surface area contributed by atoms with E-state index in [9.17, 15) is 9.59 Å². The molecular formula is C35H43N3O4S. The Morgan fingerprint density at radius 1 is 1.02 bits per heavy atom. The first kappa shape index (κ1) is 30.8. The lowest BCUT2D eigenvalue weighted by atomic mass is 9.92. The molecule has 0 bridgehead atoms. The molecule has 2 heterocycles. The lowest BCUT2D eigenvalue weighted by Gasteiger charge is -2.20. The topological polar surface area (TPSA) is 91.7 Å². The second-order valence-corrected chi connectivity index (χ2v) is 13.0. The van der Waals surface area contributed by atoms with Crippen molar-refractivity contribution < 1.29 is 19.1 Å². The van der Waals surface area contributed by atoms with Crippen molar-refractivity contribution in [1.82, 2.24) is 0 Å². The first-order valence-corrected chi connectivity index (χ1v) is 16.2. The maximum atomic E-state index is 13.2. The van der Waals surface area contributed by atoms with Crippen molar-refractivity contribution in [3.63, 3.8) is 0 Å². The Kier molecular flexibility index (Phi) is 9.86. The van der Waals surface area contributed by atoms with Gasteiger partial charge in [0.05, 0.1) is 29.5 Å². The lowest BCUT2D eigenvalue weighted by Crippen LogP contribution is -2.24. The van der Waals surface area contributed by atoms with Crippen LogP contribution in [0, 0.1) is 25.2 Å². The Labute approximate surface area is 259 Å². The lowest BCUT2D eigenvalue weighted by molar-refractivity contribution is -0.116. The van der Waals surface area contributed by atoms with Crippen LogP contribution in [0.15, 0.2) is 48.5 Å². The standard InChI is InChI=1S/C35H43N3O4S/c1-22(39)15-17-37-35-24(3)23(2)34(43-35)33(40)19-32(36)25(4)27-7-11-30(12-8-27)42-31-16-18-38(20-31)28-9-13-29(14-10-28)41-21-26-5-6-26/h7-14,25-26,31,36-37H,5-6,15-21H2,1-4H3. The number of nitrogens with zero attached hydrogens (tertiary/aromatic N) is 1. The highest BCUT2D eigenvalue weighted by Gasteiger charge is 2.26. The zero-order valence-electron chi connectivity index (χ0n) is 25.7. The molecule has 8 heteroatoms. The van der Waals surface area contributed by atoms with Crippen molar-refractivity contribution in [2.75, 3.05) is 36.5 Å². The summed E-state index contributed by atoms with van der Waals surface area (Å²) >= 11 is 1.42. The molecule has 43 heavy (non-hydrogen) atoms. The number of thiophene rings is 1. The van der Waals surface area contributed by atoms with Gasteiger partial charge < -0.3 is 25.1 Å². The summed E-state index contributed by atoms with van der Waals surface area (Å²) in [5.41, 5.74) is 4.56. The van der Waals surface area contributed by atoms with E-state index in [0.29, 0.717) is 23.6 Å². The average Bonchev–Trinajstić information content (AvgIpc) is 3.65. The Hall–Kier alpha value is -3.65. The number of carbonyl (C=O) groups excluding carboxylic acids is 2. The predicted octanol–water partition coefficient (Wildman–Crippen LogP) is 7.60. The van der Waals surface area contributed by atoms with E-state index in [1.165, 1.54) is 29.9 Å². The van der Waals surface area contributed by atoms with Crippen LogP contribution in [-0.2, 0) is 4.79 Å². The van der Waals surface area contributed by atoms with Gasteiger partial charge in [-0.1, -0.05) is 19.1 Å². The molecule has 1 saturated carbocycles. The Morgan fingerprint density at radius 3 is 2.40 bits per heavy atom. The highest BCUT2D eigenvalue weighted by atomic mass is 32.1. The number of anilines is 2. The van der Waals surface area contributed by atoms with Gasteiger partial charge in [-0.15, -0.1) is 11.3 Å². The fraction of sp³-hybridized carbons (Fsp3) is 0.457. The van der Waals surface area contributed by atoms with Crippen LogP contribution in [0.2, 0.25) is 0 Å². The van der Waals surface area contributed by atoms with Gasteiger partial charge in [0.25, 0.3) is 0 Å². The number of nitrogens with one attached hydrogen (secondary N) is 2. The van der Waals surface area contributed by atoms with E-state index in [1.54, 1.807) is 6.92 Å². The minimum Gasteiger partial charge on any atom is -0.493 e. The third-order valence-corrected chi connectivity index (χ3v) is 9.94. The van der Waals surface area contributed by atoms with Crippen LogP contribution in [0.4, 0.5) is 10.7 Å². The van der Waals surface area contributed by atoms with Crippen LogP contribution in [0.3, 0.4) is 0 Å². The van der Waals surface area contributed by atoms with Gasteiger partial charge in [0.15, 0.2) is 5.78 Å². The summed E-state index contributed by atoms with van der Waals surface area (Å²) < 4.78 is 12.2. The fourth-order valence-electron chi connectivity index (χ4n) is 5.33. The van der Waals surface area contributed by atoms with E-state index in [1.807, 2.05) is 45.0 Å². The molecule has 1 aliphatic carbocycles. The van der Waals surface area contributed by atoms with Gasteiger partial charge >= 0.3 is 0 Å². The number of ketones is 2. The zero-order valence-corrected chi connectivity index (χ0v) is 26.5. The van der Waals surface area contributed by atoms with Crippen LogP contribution >= 0.6 is 11.3 Å². The summed E-state index contributed by atoms with van der Waals surface area (Å²) in [6.07, 6.45) is 4.19. The van der Waals surface area contributed by atoms with Crippen molar-refractivity contribution in [1.29, 1.82) is 5.41 Å². The van der Waals surface area contributed by atoms with Crippen molar-refractivity contribution in [2.45, 2.75) is 71.8 Å².